The minimum absolute atomic E-state index is 0.0839. The standard InChI is InChI=1S/C19H26N4O4/c1-2-27-19(26)22-16-4-3-11-23(12-16)17(24)13-5-7-14(8-6-13)20-18(25)21-15-9-10-15/h5-8,15-16H,2-4,9-12H2,1H3,(H,22,26)(H2,20,21,25). The molecule has 1 saturated heterocycles. The summed E-state index contributed by atoms with van der Waals surface area (Å²) in [6.45, 7) is 3.19. The van der Waals surface area contributed by atoms with Gasteiger partial charge in [-0.3, -0.25) is 4.79 Å². The van der Waals surface area contributed by atoms with Crippen LogP contribution >= 0.6 is 0 Å². The second kappa shape index (κ2) is 8.75. The van der Waals surface area contributed by atoms with Gasteiger partial charge in [0.25, 0.3) is 5.91 Å². The Kier molecular flexibility index (Phi) is 6.16. The smallest absolute Gasteiger partial charge is 0.407 e. The molecule has 1 heterocycles. The molecule has 2 fully saturated rings. The first-order chi connectivity index (χ1) is 13.0. The number of nitrogens with zero attached hydrogens (tertiary/aromatic N) is 1. The fourth-order valence-corrected chi connectivity index (χ4v) is 3.08. The molecule has 0 bridgehead atoms. The largest absolute Gasteiger partial charge is 0.450 e. The number of alkyl carbamates (subject to hydrolysis) is 1. The fourth-order valence-electron chi connectivity index (χ4n) is 3.08. The first kappa shape index (κ1) is 19.0. The van der Waals surface area contributed by atoms with Crippen molar-refractivity contribution < 1.29 is 19.1 Å². The molecule has 146 valence electrons. The molecule has 3 N–H and O–H groups in total. The number of likely N-dealkylation sites (tertiary alicyclic amines) is 1. The van der Waals surface area contributed by atoms with Crippen LogP contribution in [-0.4, -0.2) is 54.7 Å². The molecule has 8 nitrogen and oxygen atoms in total. The number of piperidine rings is 1. The molecule has 0 aromatic heterocycles. The molecule has 3 rings (SSSR count). The molecule has 1 aliphatic heterocycles. The molecule has 1 unspecified atom stereocenters. The van der Waals surface area contributed by atoms with Crippen molar-refractivity contribution in [2.24, 2.45) is 0 Å². The van der Waals surface area contributed by atoms with Gasteiger partial charge in [0.15, 0.2) is 0 Å². The zero-order chi connectivity index (χ0) is 19.2. The van der Waals surface area contributed by atoms with Crippen LogP contribution in [0.25, 0.3) is 0 Å². The number of urea groups is 1. The van der Waals surface area contributed by atoms with E-state index in [1.165, 1.54) is 0 Å². The minimum atomic E-state index is -0.447. The summed E-state index contributed by atoms with van der Waals surface area (Å²) in [4.78, 5) is 37.8. The van der Waals surface area contributed by atoms with Crippen LogP contribution < -0.4 is 16.0 Å². The van der Waals surface area contributed by atoms with E-state index in [2.05, 4.69) is 16.0 Å². The Bertz CT molecular complexity index is 687. The molecular formula is C19H26N4O4. The molecule has 0 spiro atoms. The van der Waals surface area contributed by atoms with Gasteiger partial charge in [-0.05, 0) is 56.9 Å². The number of carbonyl (C=O) groups is 3. The quantitative estimate of drug-likeness (QED) is 0.736. The lowest BCUT2D eigenvalue weighted by Crippen LogP contribution is -2.49. The molecule has 27 heavy (non-hydrogen) atoms. The third kappa shape index (κ3) is 5.60. The van der Waals surface area contributed by atoms with Crippen LogP contribution in [0.4, 0.5) is 15.3 Å². The summed E-state index contributed by atoms with van der Waals surface area (Å²) in [5, 5.41) is 8.41. The van der Waals surface area contributed by atoms with Gasteiger partial charge >= 0.3 is 12.1 Å². The van der Waals surface area contributed by atoms with Crippen molar-refractivity contribution in [2.45, 2.75) is 44.7 Å². The molecule has 1 aromatic carbocycles. The number of ether oxygens (including phenoxy) is 1. The zero-order valence-electron chi connectivity index (χ0n) is 15.5. The molecule has 1 atom stereocenters. The van der Waals surface area contributed by atoms with Crippen molar-refractivity contribution in [1.29, 1.82) is 0 Å². The predicted molar refractivity (Wildman–Crippen MR) is 101 cm³/mol. The average Bonchev–Trinajstić information content (AvgIpc) is 3.46. The van der Waals surface area contributed by atoms with Gasteiger partial charge in [0.05, 0.1) is 6.61 Å². The van der Waals surface area contributed by atoms with Crippen LogP contribution in [0.1, 0.15) is 43.0 Å². The van der Waals surface area contributed by atoms with Crippen LogP contribution in [0.5, 0.6) is 0 Å². The van der Waals surface area contributed by atoms with Crippen LogP contribution in [0, 0.1) is 0 Å². The van der Waals surface area contributed by atoms with Gasteiger partial charge in [0, 0.05) is 36.4 Å². The van der Waals surface area contributed by atoms with Crippen LogP contribution in [0.15, 0.2) is 24.3 Å². The van der Waals surface area contributed by atoms with E-state index in [4.69, 9.17) is 4.74 Å². The van der Waals surface area contributed by atoms with E-state index < -0.39 is 6.09 Å². The molecule has 2 aliphatic rings. The van der Waals surface area contributed by atoms with Gasteiger partial charge in [-0.1, -0.05) is 0 Å². The Hall–Kier alpha value is -2.77. The minimum Gasteiger partial charge on any atom is -0.450 e. The van der Waals surface area contributed by atoms with Crippen molar-refractivity contribution in [2.75, 3.05) is 25.0 Å². The van der Waals surface area contributed by atoms with Crippen molar-refractivity contribution >= 4 is 23.7 Å². The number of anilines is 1. The number of amides is 4. The maximum atomic E-state index is 12.7. The highest BCUT2D eigenvalue weighted by molar-refractivity contribution is 5.95. The Labute approximate surface area is 158 Å². The molecule has 1 saturated carbocycles. The number of benzene rings is 1. The van der Waals surface area contributed by atoms with Gasteiger partial charge in [-0.2, -0.15) is 0 Å². The van der Waals surface area contributed by atoms with E-state index >= 15 is 0 Å². The van der Waals surface area contributed by atoms with Crippen molar-refractivity contribution in [1.82, 2.24) is 15.5 Å². The molecular weight excluding hydrogens is 348 g/mol. The molecule has 1 aromatic rings. The predicted octanol–water partition coefficient (Wildman–Crippen LogP) is 2.32. The van der Waals surface area contributed by atoms with Crippen LogP contribution in [0.2, 0.25) is 0 Å². The zero-order valence-corrected chi connectivity index (χ0v) is 15.5. The highest BCUT2D eigenvalue weighted by Gasteiger charge is 2.26. The average molecular weight is 374 g/mol. The van der Waals surface area contributed by atoms with Crippen molar-refractivity contribution in [3.05, 3.63) is 29.8 Å². The first-order valence-corrected chi connectivity index (χ1v) is 9.45. The van der Waals surface area contributed by atoms with Crippen LogP contribution in [-0.2, 0) is 4.74 Å². The van der Waals surface area contributed by atoms with Crippen molar-refractivity contribution in [3.8, 4) is 0 Å². The lowest BCUT2D eigenvalue weighted by molar-refractivity contribution is 0.0686. The lowest BCUT2D eigenvalue weighted by atomic mass is 10.0. The number of carbonyl (C=O) groups excluding carboxylic acids is 3. The number of rotatable bonds is 5. The summed E-state index contributed by atoms with van der Waals surface area (Å²) in [5.41, 5.74) is 1.20. The Morgan fingerprint density at radius 3 is 2.48 bits per heavy atom. The molecule has 8 heteroatoms. The highest BCUT2D eigenvalue weighted by Crippen LogP contribution is 2.19. The van der Waals surface area contributed by atoms with Crippen molar-refractivity contribution in [3.63, 3.8) is 0 Å². The summed E-state index contributed by atoms with van der Waals surface area (Å²) in [5.74, 6) is -0.0839. The lowest BCUT2D eigenvalue weighted by Gasteiger charge is -2.33. The monoisotopic (exact) mass is 374 g/mol. The van der Waals surface area contributed by atoms with Gasteiger partial charge in [0.2, 0.25) is 0 Å². The number of nitrogens with one attached hydrogen (secondary N) is 3. The first-order valence-electron chi connectivity index (χ1n) is 9.45. The van der Waals surface area contributed by atoms with E-state index in [0.717, 1.165) is 25.7 Å². The van der Waals surface area contributed by atoms with E-state index in [-0.39, 0.29) is 18.0 Å². The maximum Gasteiger partial charge on any atom is 0.407 e. The van der Waals surface area contributed by atoms with E-state index in [9.17, 15) is 14.4 Å². The number of hydrogen-bond acceptors (Lipinski definition) is 4. The van der Waals surface area contributed by atoms with E-state index in [0.29, 0.717) is 37.0 Å². The van der Waals surface area contributed by atoms with Gasteiger partial charge in [-0.25, -0.2) is 9.59 Å². The summed E-state index contributed by atoms with van der Waals surface area (Å²) in [6.07, 6.45) is 3.26. The van der Waals surface area contributed by atoms with Gasteiger partial charge in [-0.15, -0.1) is 0 Å². The highest BCUT2D eigenvalue weighted by atomic mass is 16.5. The van der Waals surface area contributed by atoms with Crippen LogP contribution in [0.3, 0.4) is 0 Å². The van der Waals surface area contributed by atoms with E-state index in [1.807, 2.05) is 0 Å². The summed E-state index contributed by atoms with van der Waals surface area (Å²) < 4.78 is 4.90. The Morgan fingerprint density at radius 1 is 1.07 bits per heavy atom. The number of hydrogen-bond donors (Lipinski definition) is 3. The topological polar surface area (TPSA) is 99.8 Å². The molecule has 4 amide bonds. The Morgan fingerprint density at radius 2 is 1.81 bits per heavy atom. The SMILES string of the molecule is CCOC(=O)NC1CCCN(C(=O)c2ccc(NC(=O)NC3CC3)cc2)C1. The Balaban J connectivity index is 1.53. The fraction of sp³-hybridized carbons (Fsp3) is 0.526. The molecule has 0 radical (unpaired) electrons. The third-order valence-corrected chi connectivity index (χ3v) is 4.61. The second-order valence-corrected chi connectivity index (χ2v) is 6.91. The normalized spacial score (nSPS) is 19.1. The van der Waals surface area contributed by atoms with Gasteiger partial charge in [0.1, 0.15) is 0 Å². The van der Waals surface area contributed by atoms with E-state index in [1.54, 1.807) is 36.1 Å². The summed E-state index contributed by atoms with van der Waals surface area (Å²) in [6, 6.07) is 6.82. The summed E-state index contributed by atoms with van der Waals surface area (Å²) >= 11 is 0. The molecule has 1 aliphatic carbocycles. The third-order valence-electron chi connectivity index (χ3n) is 4.61. The maximum absolute atomic E-state index is 12.7. The second-order valence-electron chi connectivity index (χ2n) is 6.91. The van der Waals surface area contributed by atoms with Gasteiger partial charge < -0.3 is 25.6 Å². The summed E-state index contributed by atoms with van der Waals surface area (Å²) in [7, 11) is 0.